The molecule has 1 saturated carbocycles. The summed E-state index contributed by atoms with van der Waals surface area (Å²) in [6, 6.07) is 7.88. The average molecular weight is 424 g/mol. The Labute approximate surface area is 182 Å². The van der Waals surface area contributed by atoms with Gasteiger partial charge >= 0.3 is 0 Å². The van der Waals surface area contributed by atoms with E-state index in [1.54, 1.807) is 4.57 Å². The van der Waals surface area contributed by atoms with Crippen LogP contribution < -0.4 is 10.9 Å². The number of hydrogen-bond donors (Lipinski definition) is 1. The SMILES string of the molecule is CC(C)CCn1c(=O)c2ccccc2n2c(CCC(=O)NC3CCCCCC3)nnc12. The van der Waals surface area contributed by atoms with Gasteiger partial charge in [0.15, 0.2) is 0 Å². The molecule has 2 heterocycles. The highest BCUT2D eigenvalue weighted by Gasteiger charge is 2.19. The van der Waals surface area contributed by atoms with Crippen LogP contribution in [0.2, 0.25) is 0 Å². The number of aromatic nitrogens is 4. The van der Waals surface area contributed by atoms with Crippen LogP contribution >= 0.6 is 0 Å². The molecule has 0 atom stereocenters. The third kappa shape index (κ3) is 4.81. The maximum Gasteiger partial charge on any atom is 0.262 e. The number of nitrogens with zero attached hydrogens (tertiary/aromatic N) is 4. The number of para-hydroxylation sites is 1. The summed E-state index contributed by atoms with van der Waals surface area (Å²) in [5.41, 5.74) is 0.765. The van der Waals surface area contributed by atoms with Gasteiger partial charge in [-0.2, -0.15) is 0 Å². The highest BCUT2D eigenvalue weighted by molar-refractivity contribution is 5.80. The molecule has 7 heteroatoms. The molecule has 1 aliphatic rings. The number of aryl methyl sites for hydroxylation is 2. The molecule has 1 N–H and O–H groups in total. The summed E-state index contributed by atoms with van der Waals surface area (Å²) in [4.78, 5) is 25.7. The quantitative estimate of drug-likeness (QED) is 0.585. The van der Waals surface area contributed by atoms with E-state index in [4.69, 9.17) is 0 Å². The third-order valence-corrected chi connectivity index (χ3v) is 6.30. The molecule has 1 aromatic carbocycles. The molecule has 2 aromatic heterocycles. The number of fused-ring (bicyclic) bond motifs is 3. The minimum atomic E-state index is -0.0335. The fourth-order valence-corrected chi connectivity index (χ4v) is 4.51. The van der Waals surface area contributed by atoms with Gasteiger partial charge in [0.1, 0.15) is 5.82 Å². The molecule has 0 radical (unpaired) electrons. The van der Waals surface area contributed by atoms with Crippen molar-refractivity contribution in [2.24, 2.45) is 5.92 Å². The maximum absolute atomic E-state index is 13.1. The molecule has 0 spiro atoms. The lowest BCUT2D eigenvalue weighted by molar-refractivity contribution is -0.121. The number of benzene rings is 1. The topological polar surface area (TPSA) is 81.3 Å². The van der Waals surface area contributed by atoms with E-state index in [2.05, 4.69) is 29.4 Å². The Bertz CT molecular complexity index is 1110. The number of hydrogen-bond acceptors (Lipinski definition) is 4. The summed E-state index contributed by atoms with van der Waals surface area (Å²) >= 11 is 0. The van der Waals surface area contributed by atoms with E-state index in [1.165, 1.54) is 25.7 Å². The van der Waals surface area contributed by atoms with Crippen molar-refractivity contribution in [3.05, 3.63) is 40.4 Å². The lowest BCUT2D eigenvalue weighted by Gasteiger charge is -2.16. The van der Waals surface area contributed by atoms with E-state index in [9.17, 15) is 9.59 Å². The summed E-state index contributed by atoms with van der Waals surface area (Å²) in [5, 5.41) is 12.6. The van der Waals surface area contributed by atoms with Crippen molar-refractivity contribution in [2.45, 2.75) is 84.2 Å². The molecule has 0 aliphatic heterocycles. The fourth-order valence-electron chi connectivity index (χ4n) is 4.51. The third-order valence-electron chi connectivity index (χ3n) is 6.30. The monoisotopic (exact) mass is 423 g/mol. The molecular weight excluding hydrogens is 390 g/mol. The molecule has 0 saturated heterocycles. The molecule has 4 rings (SSSR count). The van der Waals surface area contributed by atoms with Gasteiger partial charge in [-0.3, -0.25) is 18.6 Å². The van der Waals surface area contributed by atoms with Crippen LogP contribution in [0.5, 0.6) is 0 Å². The first-order valence-corrected chi connectivity index (χ1v) is 11.7. The second-order valence-corrected chi connectivity index (χ2v) is 9.16. The number of carbonyl (C=O) groups excluding carboxylic acids is 1. The zero-order valence-corrected chi connectivity index (χ0v) is 18.6. The van der Waals surface area contributed by atoms with Crippen molar-refractivity contribution in [1.29, 1.82) is 0 Å². The van der Waals surface area contributed by atoms with Gasteiger partial charge in [-0.15, -0.1) is 10.2 Å². The Morgan fingerprint density at radius 2 is 1.87 bits per heavy atom. The molecule has 3 aromatic rings. The molecule has 166 valence electrons. The largest absolute Gasteiger partial charge is 0.353 e. The minimum Gasteiger partial charge on any atom is -0.353 e. The van der Waals surface area contributed by atoms with E-state index in [0.717, 1.165) is 30.6 Å². The van der Waals surface area contributed by atoms with Gasteiger partial charge in [0.25, 0.3) is 5.56 Å². The van der Waals surface area contributed by atoms with Crippen LogP contribution in [0.4, 0.5) is 0 Å². The summed E-state index contributed by atoms with van der Waals surface area (Å²) in [6.07, 6.45) is 8.83. The minimum absolute atomic E-state index is 0.0335. The van der Waals surface area contributed by atoms with Crippen LogP contribution in [0.15, 0.2) is 29.1 Å². The zero-order valence-electron chi connectivity index (χ0n) is 18.6. The number of carbonyl (C=O) groups is 1. The second-order valence-electron chi connectivity index (χ2n) is 9.16. The van der Waals surface area contributed by atoms with Gasteiger partial charge in [-0.1, -0.05) is 51.7 Å². The molecule has 31 heavy (non-hydrogen) atoms. The summed E-state index contributed by atoms with van der Waals surface area (Å²) in [6.45, 7) is 4.89. The predicted molar refractivity (Wildman–Crippen MR) is 122 cm³/mol. The van der Waals surface area contributed by atoms with Gasteiger partial charge in [0.05, 0.1) is 10.9 Å². The van der Waals surface area contributed by atoms with Crippen LogP contribution in [0.3, 0.4) is 0 Å². The maximum atomic E-state index is 13.1. The molecule has 1 amide bonds. The molecular formula is C24H33N5O2. The van der Waals surface area contributed by atoms with Crippen LogP contribution in [0.1, 0.15) is 71.0 Å². The van der Waals surface area contributed by atoms with Crippen molar-refractivity contribution in [3.63, 3.8) is 0 Å². The number of nitrogens with one attached hydrogen (secondary N) is 1. The second kappa shape index (κ2) is 9.62. The average Bonchev–Trinajstić information content (AvgIpc) is 3.01. The molecule has 0 bridgehead atoms. The fraction of sp³-hybridized carbons (Fsp3) is 0.583. The van der Waals surface area contributed by atoms with E-state index in [1.807, 2.05) is 28.7 Å². The Kier molecular flexibility index (Phi) is 6.68. The van der Waals surface area contributed by atoms with E-state index < -0.39 is 0 Å². The van der Waals surface area contributed by atoms with E-state index in [-0.39, 0.29) is 11.5 Å². The molecule has 1 aliphatic carbocycles. The lowest BCUT2D eigenvalue weighted by Crippen LogP contribution is -2.34. The van der Waals surface area contributed by atoms with Crippen LogP contribution in [0, 0.1) is 5.92 Å². The van der Waals surface area contributed by atoms with Crippen molar-refractivity contribution < 1.29 is 4.79 Å². The first kappa shape index (κ1) is 21.5. The summed E-state index contributed by atoms with van der Waals surface area (Å²) in [7, 11) is 0. The van der Waals surface area contributed by atoms with Crippen LogP contribution in [0.25, 0.3) is 16.7 Å². The van der Waals surface area contributed by atoms with Gasteiger partial charge < -0.3 is 5.32 Å². The highest BCUT2D eigenvalue weighted by Crippen LogP contribution is 2.18. The number of rotatable bonds is 7. The van der Waals surface area contributed by atoms with Gasteiger partial charge in [-0.25, -0.2) is 0 Å². The van der Waals surface area contributed by atoms with E-state index >= 15 is 0 Å². The first-order valence-electron chi connectivity index (χ1n) is 11.7. The Morgan fingerprint density at radius 3 is 2.61 bits per heavy atom. The standard InChI is InChI=1S/C24H33N5O2/c1-17(2)15-16-28-23(31)19-11-7-8-12-20(19)29-21(26-27-24(28)29)13-14-22(30)25-18-9-5-3-4-6-10-18/h7-8,11-12,17-18H,3-6,9-10,13-16H2,1-2H3,(H,25,30). The van der Waals surface area contributed by atoms with Crippen molar-refractivity contribution in [3.8, 4) is 0 Å². The molecule has 7 nitrogen and oxygen atoms in total. The van der Waals surface area contributed by atoms with Gasteiger partial charge in [0.2, 0.25) is 11.7 Å². The smallest absolute Gasteiger partial charge is 0.262 e. The van der Waals surface area contributed by atoms with Crippen LogP contribution in [-0.4, -0.2) is 31.1 Å². The molecule has 0 unspecified atom stereocenters. The van der Waals surface area contributed by atoms with Gasteiger partial charge in [-0.05, 0) is 37.3 Å². The highest BCUT2D eigenvalue weighted by atomic mass is 16.1. The Balaban J connectivity index is 1.60. The summed E-state index contributed by atoms with van der Waals surface area (Å²) < 4.78 is 3.68. The lowest BCUT2D eigenvalue weighted by atomic mass is 10.1. The van der Waals surface area contributed by atoms with Crippen LogP contribution in [-0.2, 0) is 17.8 Å². The number of amides is 1. The van der Waals surface area contributed by atoms with Crippen molar-refractivity contribution in [2.75, 3.05) is 0 Å². The Morgan fingerprint density at radius 1 is 1.13 bits per heavy atom. The molecule has 1 fully saturated rings. The summed E-state index contributed by atoms with van der Waals surface area (Å²) in [5.74, 6) is 1.83. The van der Waals surface area contributed by atoms with Gasteiger partial charge in [0, 0.05) is 25.4 Å². The first-order chi connectivity index (χ1) is 15.0. The van der Waals surface area contributed by atoms with Crippen molar-refractivity contribution in [1.82, 2.24) is 24.5 Å². The Hall–Kier alpha value is -2.70. The zero-order chi connectivity index (χ0) is 21.8. The normalized spacial score (nSPS) is 15.6. The van der Waals surface area contributed by atoms with E-state index in [0.29, 0.717) is 42.5 Å². The predicted octanol–water partition coefficient (Wildman–Crippen LogP) is 3.86. The van der Waals surface area contributed by atoms with Crippen molar-refractivity contribution >= 4 is 22.6 Å².